The number of aromatic nitrogens is 1. The largest absolute Gasteiger partial charge is 0.433 e. The van der Waals surface area contributed by atoms with Crippen LogP contribution in [0.2, 0.25) is 0 Å². The summed E-state index contributed by atoms with van der Waals surface area (Å²) in [7, 11) is 0. The molecule has 0 aliphatic heterocycles. The number of aryl methyl sites for hydroxylation is 1. The number of hydrogen-bond donors (Lipinski definition) is 2. The molecule has 1 heterocycles. The third kappa shape index (κ3) is 5.34. The van der Waals surface area contributed by atoms with Gasteiger partial charge in [-0.1, -0.05) is 0 Å². The molecular weight excluding hydrogens is 299 g/mol. The minimum Gasteiger partial charge on any atom is -0.350 e. The summed E-state index contributed by atoms with van der Waals surface area (Å²) in [5.41, 5.74) is -1.56. The molecule has 0 spiro atoms. The van der Waals surface area contributed by atoms with E-state index in [4.69, 9.17) is 0 Å². The van der Waals surface area contributed by atoms with Crippen molar-refractivity contribution in [2.24, 2.45) is 0 Å². The Labute approximate surface area is 126 Å². The van der Waals surface area contributed by atoms with Crippen LogP contribution in [0.5, 0.6) is 0 Å². The lowest BCUT2D eigenvalue weighted by Crippen LogP contribution is -2.45. The zero-order valence-corrected chi connectivity index (χ0v) is 12.8. The summed E-state index contributed by atoms with van der Waals surface area (Å²) in [6.45, 7) is 6.40. The summed E-state index contributed by atoms with van der Waals surface area (Å²) in [6.07, 6.45) is -4.56. The molecule has 0 aromatic carbocycles. The van der Waals surface area contributed by atoms with Crippen LogP contribution < -0.4 is 10.6 Å². The van der Waals surface area contributed by atoms with Crippen LogP contribution in [0.25, 0.3) is 0 Å². The minimum atomic E-state index is -4.56. The number of alkyl halides is 3. The van der Waals surface area contributed by atoms with Gasteiger partial charge in [0.05, 0.1) is 17.8 Å². The average Bonchev–Trinajstić information content (AvgIpc) is 2.32. The van der Waals surface area contributed by atoms with Crippen molar-refractivity contribution in [1.82, 2.24) is 15.6 Å². The number of carbonyl (C=O) groups is 2. The van der Waals surface area contributed by atoms with Crippen LogP contribution in [-0.4, -0.2) is 28.9 Å². The second-order valence-electron chi connectivity index (χ2n) is 5.81. The van der Waals surface area contributed by atoms with E-state index in [-0.39, 0.29) is 17.8 Å². The molecule has 0 aliphatic rings. The number of nitrogens with one attached hydrogen (secondary N) is 2. The van der Waals surface area contributed by atoms with Crippen LogP contribution in [0, 0.1) is 6.92 Å². The lowest BCUT2D eigenvalue weighted by atomic mass is 10.1. The smallest absolute Gasteiger partial charge is 0.350 e. The Hall–Kier alpha value is -2.12. The second kappa shape index (κ2) is 6.33. The Morgan fingerprint density at radius 3 is 2.23 bits per heavy atom. The number of amides is 2. The van der Waals surface area contributed by atoms with Crippen LogP contribution in [0.3, 0.4) is 0 Å². The highest BCUT2D eigenvalue weighted by molar-refractivity contribution is 5.97. The van der Waals surface area contributed by atoms with Crippen LogP contribution in [-0.2, 0) is 11.0 Å². The van der Waals surface area contributed by atoms with E-state index < -0.39 is 29.2 Å². The molecule has 0 aliphatic carbocycles. The number of nitrogens with zero attached hydrogens (tertiary/aromatic N) is 1. The molecular formula is C14H18F3N3O2. The highest BCUT2D eigenvalue weighted by atomic mass is 19.4. The lowest BCUT2D eigenvalue weighted by Gasteiger charge is -2.20. The maximum absolute atomic E-state index is 12.5. The maximum Gasteiger partial charge on any atom is 0.433 e. The first-order valence-electron chi connectivity index (χ1n) is 6.54. The summed E-state index contributed by atoms with van der Waals surface area (Å²) in [5, 5.41) is 5.00. The fourth-order valence-corrected chi connectivity index (χ4v) is 1.68. The van der Waals surface area contributed by atoms with E-state index in [1.165, 1.54) is 6.92 Å². The monoisotopic (exact) mass is 317 g/mol. The Bertz CT molecular complexity index is 578. The van der Waals surface area contributed by atoms with Gasteiger partial charge in [-0.25, -0.2) is 4.98 Å². The molecule has 0 atom stereocenters. The Morgan fingerprint density at radius 2 is 1.77 bits per heavy atom. The first kappa shape index (κ1) is 17.9. The molecule has 0 saturated carbocycles. The lowest BCUT2D eigenvalue weighted by molar-refractivity contribution is -0.141. The van der Waals surface area contributed by atoms with E-state index >= 15 is 0 Å². The average molecular weight is 317 g/mol. The van der Waals surface area contributed by atoms with Gasteiger partial charge >= 0.3 is 6.18 Å². The molecule has 22 heavy (non-hydrogen) atoms. The van der Waals surface area contributed by atoms with Crippen molar-refractivity contribution >= 4 is 11.8 Å². The third-order valence-corrected chi connectivity index (χ3v) is 2.54. The van der Waals surface area contributed by atoms with Crippen molar-refractivity contribution in [3.05, 3.63) is 29.1 Å². The normalized spacial score (nSPS) is 12.0. The van der Waals surface area contributed by atoms with Crippen LogP contribution in [0.4, 0.5) is 13.2 Å². The molecule has 2 N–H and O–H groups in total. The molecule has 122 valence electrons. The van der Waals surface area contributed by atoms with Gasteiger partial charge in [0.1, 0.15) is 5.69 Å². The fourth-order valence-electron chi connectivity index (χ4n) is 1.68. The number of pyridine rings is 1. The van der Waals surface area contributed by atoms with Crippen molar-refractivity contribution in [2.45, 2.75) is 39.4 Å². The molecule has 0 saturated heterocycles. The van der Waals surface area contributed by atoms with Crippen molar-refractivity contribution in [2.75, 3.05) is 6.54 Å². The molecule has 0 fully saturated rings. The van der Waals surface area contributed by atoms with Gasteiger partial charge in [0.15, 0.2) is 0 Å². The molecule has 1 aromatic rings. The van der Waals surface area contributed by atoms with Gasteiger partial charge in [-0.05, 0) is 39.8 Å². The molecule has 1 rings (SSSR count). The number of hydrogen-bond acceptors (Lipinski definition) is 3. The number of carbonyl (C=O) groups excluding carboxylic acids is 2. The van der Waals surface area contributed by atoms with E-state index in [2.05, 4.69) is 15.6 Å². The second-order valence-corrected chi connectivity index (χ2v) is 5.81. The SMILES string of the molecule is Cc1nc(C(F)(F)F)ccc1C(=O)NCC(=O)NC(C)(C)C. The Morgan fingerprint density at radius 1 is 1.18 bits per heavy atom. The number of halogens is 3. The van der Waals surface area contributed by atoms with Crippen molar-refractivity contribution in [3.63, 3.8) is 0 Å². The summed E-state index contributed by atoms with van der Waals surface area (Å²) in [5.74, 6) is -1.04. The standard InChI is InChI=1S/C14H18F3N3O2/c1-8-9(5-6-10(19-8)14(15,16)17)12(22)18-7-11(21)20-13(2,3)4/h5-6H,7H2,1-4H3,(H,18,22)(H,20,21). The number of rotatable bonds is 3. The van der Waals surface area contributed by atoms with Crippen LogP contribution in [0.1, 0.15) is 42.5 Å². The summed E-state index contributed by atoms with van der Waals surface area (Å²) in [4.78, 5) is 26.8. The van der Waals surface area contributed by atoms with E-state index in [0.29, 0.717) is 0 Å². The minimum absolute atomic E-state index is 0.00319. The quantitative estimate of drug-likeness (QED) is 0.896. The molecule has 8 heteroatoms. The first-order valence-corrected chi connectivity index (χ1v) is 6.54. The highest BCUT2D eigenvalue weighted by Crippen LogP contribution is 2.28. The van der Waals surface area contributed by atoms with Crippen molar-refractivity contribution in [3.8, 4) is 0 Å². The summed E-state index contributed by atoms with van der Waals surface area (Å²) >= 11 is 0. The predicted molar refractivity (Wildman–Crippen MR) is 74.2 cm³/mol. The topological polar surface area (TPSA) is 71.1 Å². The summed E-state index contributed by atoms with van der Waals surface area (Å²) in [6, 6.07) is 1.78. The van der Waals surface area contributed by atoms with Gasteiger partial charge in [0.2, 0.25) is 5.91 Å². The maximum atomic E-state index is 12.5. The first-order chi connectivity index (χ1) is 9.90. The summed E-state index contributed by atoms with van der Waals surface area (Å²) < 4.78 is 37.5. The van der Waals surface area contributed by atoms with Gasteiger partial charge in [-0.3, -0.25) is 9.59 Å². The zero-order valence-electron chi connectivity index (χ0n) is 12.8. The molecule has 5 nitrogen and oxygen atoms in total. The third-order valence-electron chi connectivity index (χ3n) is 2.54. The van der Waals surface area contributed by atoms with Crippen molar-refractivity contribution < 1.29 is 22.8 Å². The van der Waals surface area contributed by atoms with E-state index in [1.54, 1.807) is 20.8 Å². The van der Waals surface area contributed by atoms with Crippen molar-refractivity contribution in [1.29, 1.82) is 0 Å². The zero-order chi connectivity index (χ0) is 17.1. The molecule has 0 radical (unpaired) electrons. The molecule has 0 unspecified atom stereocenters. The van der Waals surface area contributed by atoms with E-state index in [9.17, 15) is 22.8 Å². The fraction of sp³-hybridized carbons (Fsp3) is 0.500. The molecule has 1 aromatic heterocycles. The van der Waals surface area contributed by atoms with Gasteiger partial charge < -0.3 is 10.6 Å². The highest BCUT2D eigenvalue weighted by Gasteiger charge is 2.33. The van der Waals surface area contributed by atoms with E-state index in [1.807, 2.05) is 0 Å². The Kier molecular flexibility index (Phi) is 5.16. The molecule has 2 amide bonds. The predicted octanol–water partition coefficient (Wildman–Crippen LogP) is 2.05. The van der Waals surface area contributed by atoms with Crippen LogP contribution in [0.15, 0.2) is 12.1 Å². The van der Waals surface area contributed by atoms with Gasteiger partial charge in [0, 0.05) is 5.54 Å². The van der Waals surface area contributed by atoms with Gasteiger partial charge in [0.25, 0.3) is 5.91 Å². The van der Waals surface area contributed by atoms with E-state index in [0.717, 1.165) is 12.1 Å². The Balaban J connectivity index is 2.73. The van der Waals surface area contributed by atoms with Crippen LogP contribution >= 0.6 is 0 Å². The van der Waals surface area contributed by atoms with Gasteiger partial charge in [-0.2, -0.15) is 13.2 Å². The molecule has 0 bridgehead atoms. The van der Waals surface area contributed by atoms with Gasteiger partial charge in [-0.15, -0.1) is 0 Å².